The molecule has 0 aliphatic rings. The largest absolute Gasteiger partial charge is 0.334 e. The van der Waals surface area contributed by atoms with Gasteiger partial charge in [-0.25, -0.2) is 4.98 Å². The minimum Gasteiger partial charge on any atom is -0.334 e. The van der Waals surface area contributed by atoms with E-state index in [0.29, 0.717) is 6.04 Å². The van der Waals surface area contributed by atoms with Crippen molar-refractivity contribution in [2.45, 2.75) is 71.9 Å². The lowest BCUT2D eigenvalue weighted by Crippen LogP contribution is -2.25. The van der Waals surface area contributed by atoms with Gasteiger partial charge in [-0.2, -0.15) is 0 Å². The number of hydrogen-bond donors (Lipinski definition) is 1. The lowest BCUT2D eigenvalue weighted by molar-refractivity contribution is 0.435. The molecule has 0 amide bonds. The van der Waals surface area contributed by atoms with E-state index < -0.39 is 0 Å². The highest BCUT2D eigenvalue weighted by molar-refractivity contribution is 4.99. The van der Waals surface area contributed by atoms with E-state index in [9.17, 15) is 0 Å². The Kier molecular flexibility index (Phi) is 7.74. The van der Waals surface area contributed by atoms with Crippen molar-refractivity contribution >= 4 is 0 Å². The number of rotatable bonds is 10. The molecule has 1 unspecified atom stereocenters. The molecule has 1 heterocycles. The zero-order valence-corrected chi connectivity index (χ0v) is 12.3. The quantitative estimate of drug-likeness (QED) is 0.639. The van der Waals surface area contributed by atoms with Crippen LogP contribution in [0.3, 0.4) is 0 Å². The third kappa shape index (κ3) is 4.81. The summed E-state index contributed by atoms with van der Waals surface area (Å²) < 4.78 is 2.30. The van der Waals surface area contributed by atoms with Crippen LogP contribution < -0.4 is 5.32 Å². The van der Waals surface area contributed by atoms with Crippen LogP contribution in [0.15, 0.2) is 12.4 Å². The van der Waals surface area contributed by atoms with Gasteiger partial charge in [0.15, 0.2) is 0 Å². The monoisotopic (exact) mass is 251 g/mol. The standard InChI is InChI=1S/C15H29N3/c1-4-7-8-9-14(16-10-5-2)15-17-11-13-18(15)12-6-3/h11,13-14,16H,4-10,12H2,1-3H3. The maximum Gasteiger partial charge on any atom is 0.125 e. The highest BCUT2D eigenvalue weighted by Crippen LogP contribution is 2.19. The van der Waals surface area contributed by atoms with Crippen molar-refractivity contribution in [2.75, 3.05) is 6.54 Å². The van der Waals surface area contributed by atoms with Gasteiger partial charge in [0, 0.05) is 18.9 Å². The molecule has 0 aliphatic carbocycles. The summed E-state index contributed by atoms with van der Waals surface area (Å²) in [4.78, 5) is 4.57. The minimum absolute atomic E-state index is 0.429. The van der Waals surface area contributed by atoms with E-state index in [1.807, 2.05) is 6.20 Å². The number of aromatic nitrogens is 2. The van der Waals surface area contributed by atoms with Gasteiger partial charge in [-0.15, -0.1) is 0 Å². The first-order chi connectivity index (χ1) is 8.83. The highest BCUT2D eigenvalue weighted by Gasteiger charge is 2.15. The molecular formula is C15H29N3. The average Bonchev–Trinajstić information content (AvgIpc) is 2.82. The van der Waals surface area contributed by atoms with Crippen molar-refractivity contribution in [3.8, 4) is 0 Å². The molecule has 1 N–H and O–H groups in total. The van der Waals surface area contributed by atoms with Crippen LogP contribution in [-0.4, -0.2) is 16.1 Å². The smallest absolute Gasteiger partial charge is 0.125 e. The molecule has 3 nitrogen and oxygen atoms in total. The number of hydrogen-bond acceptors (Lipinski definition) is 2. The first-order valence-electron chi connectivity index (χ1n) is 7.57. The van der Waals surface area contributed by atoms with Crippen LogP contribution in [0.4, 0.5) is 0 Å². The van der Waals surface area contributed by atoms with Crippen molar-refractivity contribution in [1.82, 2.24) is 14.9 Å². The fourth-order valence-corrected chi connectivity index (χ4v) is 2.30. The van der Waals surface area contributed by atoms with Crippen LogP contribution in [0.2, 0.25) is 0 Å². The molecule has 0 saturated carbocycles. The predicted molar refractivity (Wildman–Crippen MR) is 77.7 cm³/mol. The van der Waals surface area contributed by atoms with E-state index in [1.165, 1.54) is 44.3 Å². The normalized spacial score (nSPS) is 12.8. The lowest BCUT2D eigenvalue weighted by Gasteiger charge is -2.19. The fourth-order valence-electron chi connectivity index (χ4n) is 2.30. The number of aryl methyl sites for hydroxylation is 1. The lowest BCUT2D eigenvalue weighted by atomic mass is 10.1. The Labute approximate surface area is 112 Å². The van der Waals surface area contributed by atoms with Crippen molar-refractivity contribution < 1.29 is 0 Å². The van der Waals surface area contributed by atoms with E-state index >= 15 is 0 Å². The summed E-state index contributed by atoms with van der Waals surface area (Å²) in [5.41, 5.74) is 0. The van der Waals surface area contributed by atoms with E-state index in [1.54, 1.807) is 0 Å². The van der Waals surface area contributed by atoms with E-state index in [0.717, 1.165) is 13.1 Å². The van der Waals surface area contributed by atoms with E-state index in [-0.39, 0.29) is 0 Å². The molecule has 104 valence electrons. The molecule has 0 aliphatic heterocycles. The topological polar surface area (TPSA) is 29.9 Å². The summed E-state index contributed by atoms with van der Waals surface area (Å²) in [6.45, 7) is 8.85. The fraction of sp³-hybridized carbons (Fsp3) is 0.800. The number of imidazole rings is 1. The Morgan fingerprint density at radius 3 is 2.67 bits per heavy atom. The maximum atomic E-state index is 4.57. The number of nitrogens with one attached hydrogen (secondary N) is 1. The summed E-state index contributed by atoms with van der Waals surface area (Å²) in [7, 11) is 0. The zero-order chi connectivity index (χ0) is 13.2. The van der Waals surface area contributed by atoms with Crippen molar-refractivity contribution in [3.63, 3.8) is 0 Å². The molecule has 1 aromatic heterocycles. The predicted octanol–water partition coefficient (Wildman–Crippen LogP) is 3.91. The Bertz CT molecular complexity index is 306. The van der Waals surface area contributed by atoms with E-state index in [2.05, 4.69) is 41.8 Å². The van der Waals surface area contributed by atoms with Gasteiger partial charge in [0.2, 0.25) is 0 Å². The van der Waals surface area contributed by atoms with Crippen LogP contribution in [0, 0.1) is 0 Å². The molecule has 0 bridgehead atoms. The average molecular weight is 251 g/mol. The van der Waals surface area contributed by atoms with Gasteiger partial charge < -0.3 is 9.88 Å². The third-order valence-corrected chi connectivity index (χ3v) is 3.26. The molecular weight excluding hydrogens is 222 g/mol. The van der Waals surface area contributed by atoms with E-state index in [4.69, 9.17) is 0 Å². The number of nitrogens with zero attached hydrogens (tertiary/aromatic N) is 2. The van der Waals surface area contributed by atoms with Crippen LogP contribution in [0.1, 0.15) is 71.2 Å². The van der Waals surface area contributed by atoms with Gasteiger partial charge in [-0.05, 0) is 25.8 Å². The second-order valence-electron chi connectivity index (χ2n) is 4.98. The minimum atomic E-state index is 0.429. The van der Waals surface area contributed by atoms with Gasteiger partial charge >= 0.3 is 0 Å². The van der Waals surface area contributed by atoms with Gasteiger partial charge in [0.1, 0.15) is 5.82 Å². The molecule has 18 heavy (non-hydrogen) atoms. The van der Waals surface area contributed by atoms with Gasteiger partial charge in [0.05, 0.1) is 6.04 Å². The molecule has 0 aromatic carbocycles. The van der Waals surface area contributed by atoms with Crippen molar-refractivity contribution in [2.24, 2.45) is 0 Å². The Morgan fingerprint density at radius 1 is 1.17 bits per heavy atom. The van der Waals surface area contributed by atoms with Gasteiger partial charge in [0.25, 0.3) is 0 Å². The molecule has 0 saturated heterocycles. The van der Waals surface area contributed by atoms with Crippen LogP contribution in [0.25, 0.3) is 0 Å². The molecule has 1 atom stereocenters. The van der Waals surface area contributed by atoms with Gasteiger partial charge in [-0.1, -0.05) is 40.0 Å². The summed E-state index contributed by atoms with van der Waals surface area (Å²) in [5.74, 6) is 1.22. The molecule has 1 aromatic rings. The molecule has 0 radical (unpaired) electrons. The molecule has 0 fully saturated rings. The Balaban J connectivity index is 2.63. The van der Waals surface area contributed by atoms with Gasteiger partial charge in [-0.3, -0.25) is 0 Å². The van der Waals surface area contributed by atoms with Crippen LogP contribution in [-0.2, 0) is 6.54 Å². The van der Waals surface area contributed by atoms with Crippen molar-refractivity contribution in [3.05, 3.63) is 18.2 Å². The van der Waals surface area contributed by atoms with Crippen LogP contribution in [0.5, 0.6) is 0 Å². The van der Waals surface area contributed by atoms with Crippen LogP contribution >= 0.6 is 0 Å². The van der Waals surface area contributed by atoms with Crippen molar-refractivity contribution in [1.29, 1.82) is 0 Å². The molecule has 0 spiro atoms. The molecule has 1 rings (SSSR count). The summed E-state index contributed by atoms with van der Waals surface area (Å²) in [5, 5.41) is 3.65. The first-order valence-corrected chi connectivity index (χ1v) is 7.57. The summed E-state index contributed by atoms with van der Waals surface area (Å²) in [6.07, 6.45) is 11.5. The maximum absolute atomic E-state index is 4.57. The first kappa shape index (κ1) is 15.2. The highest BCUT2D eigenvalue weighted by atomic mass is 15.1. The summed E-state index contributed by atoms with van der Waals surface area (Å²) >= 11 is 0. The Morgan fingerprint density at radius 2 is 2.00 bits per heavy atom. The SMILES string of the molecule is CCCCCC(NCCC)c1nccn1CCC. The zero-order valence-electron chi connectivity index (χ0n) is 12.3. The Hall–Kier alpha value is -0.830. The second-order valence-corrected chi connectivity index (χ2v) is 4.98. The second kappa shape index (κ2) is 9.15. The number of unbranched alkanes of at least 4 members (excludes halogenated alkanes) is 2. The molecule has 3 heteroatoms. The summed E-state index contributed by atoms with van der Waals surface area (Å²) in [6, 6.07) is 0.429. The third-order valence-electron chi connectivity index (χ3n) is 3.26.